The van der Waals surface area contributed by atoms with Crippen LogP contribution in [-0.4, -0.2) is 50.8 Å². The van der Waals surface area contributed by atoms with Gasteiger partial charge < -0.3 is 39.2 Å². The van der Waals surface area contributed by atoms with Crippen LogP contribution in [0.15, 0.2) is 48.5 Å². The quantitative estimate of drug-likeness (QED) is 0.430. The average molecular weight is 522 g/mol. The number of aliphatic hydroxyl groups excluding tert-OH is 2. The van der Waals surface area contributed by atoms with Gasteiger partial charge in [0.2, 0.25) is 18.4 Å². The second-order valence-electron chi connectivity index (χ2n) is 9.44. The summed E-state index contributed by atoms with van der Waals surface area (Å²) in [7, 11) is 4.57. The fraction of sp³-hybridized carbons (Fsp3) is 0.345. The van der Waals surface area contributed by atoms with Gasteiger partial charge in [0.1, 0.15) is 0 Å². The van der Waals surface area contributed by atoms with E-state index in [1.165, 1.54) is 21.3 Å². The van der Waals surface area contributed by atoms with E-state index in [-0.39, 0.29) is 12.7 Å². The van der Waals surface area contributed by atoms with Crippen LogP contribution in [0.4, 0.5) is 5.69 Å². The first-order valence-electron chi connectivity index (χ1n) is 12.3. The van der Waals surface area contributed by atoms with Gasteiger partial charge in [0.25, 0.3) is 0 Å². The normalized spacial score (nSPS) is 21.4. The van der Waals surface area contributed by atoms with Crippen molar-refractivity contribution in [2.45, 2.75) is 18.9 Å². The van der Waals surface area contributed by atoms with Crippen LogP contribution >= 0.6 is 0 Å². The molecule has 0 saturated carbocycles. The Morgan fingerprint density at radius 1 is 0.947 bits per heavy atom. The van der Waals surface area contributed by atoms with Gasteiger partial charge in [-0.25, -0.2) is 0 Å². The molecule has 0 unspecified atom stereocenters. The summed E-state index contributed by atoms with van der Waals surface area (Å²) in [6, 6.07) is 14.6. The molecule has 3 aromatic rings. The number of rotatable bonds is 7. The van der Waals surface area contributed by atoms with Crippen LogP contribution in [0, 0.1) is 18.8 Å². The lowest BCUT2D eigenvalue weighted by atomic mass is 9.64. The molecule has 200 valence electrons. The second kappa shape index (κ2) is 10.4. The van der Waals surface area contributed by atoms with Crippen LogP contribution < -0.4 is 29.0 Å². The van der Waals surface area contributed by atoms with Crippen LogP contribution in [-0.2, 0) is 4.79 Å². The van der Waals surface area contributed by atoms with Crippen LogP contribution in [0.3, 0.4) is 0 Å². The molecule has 3 N–H and O–H groups in total. The highest BCUT2D eigenvalue weighted by molar-refractivity contribution is 5.94. The summed E-state index contributed by atoms with van der Waals surface area (Å²) in [6.07, 6.45) is -1.11. The first-order chi connectivity index (χ1) is 18.4. The van der Waals surface area contributed by atoms with E-state index in [0.29, 0.717) is 51.1 Å². The van der Waals surface area contributed by atoms with Gasteiger partial charge >= 0.3 is 0 Å². The Labute approximate surface area is 220 Å². The summed E-state index contributed by atoms with van der Waals surface area (Å²) in [5.41, 5.74) is 3.61. The first kappa shape index (κ1) is 25.7. The summed E-state index contributed by atoms with van der Waals surface area (Å²) in [4.78, 5) is 14.0. The van der Waals surface area contributed by atoms with Crippen molar-refractivity contribution in [3.8, 4) is 28.7 Å². The van der Waals surface area contributed by atoms with Crippen molar-refractivity contribution in [3.05, 3.63) is 70.8 Å². The number of hydrogen-bond acceptors (Lipinski definition) is 8. The maximum atomic E-state index is 14.0. The van der Waals surface area contributed by atoms with Gasteiger partial charge in [-0.2, -0.15) is 0 Å². The number of fused-ring (bicyclic) bond motifs is 2. The average Bonchev–Trinajstić information content (AvgIpc) is 3.40. The van der Waals surface area contributed by atoms with Gasteiger partial charge in [-0.05, 0) is 60.0 Å². The molecule has 0 radical (unpaired) electrons. The van der Waals surface area contributed by atoms with E-state index in [9.17, 15) is 15.0 Å². The van der Waals surface area contributed by atoms with E-state index < -0.39 is 30.5 Å². The number of carbonyl (C=O) groups is 1. The lowest BCUT2D eigenvalue weighted by molar-refractivity contribution is -0.125. The van der Waals surface area contributed by atoms with Crippen LogP contribution in [0.1, 0.15) is 34.3 Å². The molecule has 9 nitrogen and oxygen atoms in total. The van der Waals surface area contributed by atoms with Gasteiger partial charge in [-0.3, -0.25) is 4.79 Å². The molecular weight excluding hydrogens is 490 g/mol. The number of ether oxygens (including phenoxy) is 5. The fourth-order valence-electron chi connectivity index (χ4n) is 5.46. The van der Waals surface area contributed by atoms with Gasteiger partial charge in [-0.1, -0.05) is 17.7 Å². The minimum atomic E-state index is -1.11. The molecule has 1 aliphatic carbocycles. The molecule has 4 atom stereocenters. The van der Waals surface area contributed by atoms with E-state index in [4.69, 9.17) is 23.7 Å². The molecule has 38 heavy (non-hydrogen) atoms. The van der Waals surface area contributed by atoms with Crippen LogP contribution in [0.5, 0.6) is 28.7 Å². The summed E-state index contributed by atoms with van der Waals surface area (Å²) < 4.78 is 27.9. The predicted octanol–water partition coefficient (Wildman–Crippen LogP) is 3.79. The minimum absolute atomic E-state index is 0.0595. The largest absolute Gasteiger partial charge is 0.493 e. The summed E-state index contributed by atoms with van der Waals surface area (Å²) in [5.74, 6) is -0.307. The smallest absolute Gasteiger partial charge is 0.231 e. The number of anilines is 1. The topological polar surface area (TPSA) is 116 Å². The van der Waals surface area contributed by atoms with Crippen LogP contribution in [0.2, 0.25) is 0 Å². The van der Waals surface area contributed by atoms with Crippen molar-refractivity contribution < 1.29 is 38.7 Å². The minimum Gasteiger partial charge on any atom is -0.493 e. The van der Waals surface area contributed by atoms with Crippen LogP contribution in [0.25, 0.3) is 0 Å². The van der Waals surface area contributed by atoms with Gasteiger partial charge in [0.15, 0.2) is 23.0 Å². The highest BCUT2D eigenvalue weighted by Crippen LogP contribution is 2.53. The lowest BCUT2D eigenvalue weighted by Gasteiger charge is -2.41. The SMILES string of the molecule is COc1cc([C@@H]2c3cc4c(cc3[C@H](O)[C@@H](CO)[C@@H]2C(=O)Nc2ccc(C)cc2)OCO4)cc(OC)c1OC. The standard InChI is InChI=1S/C29H31NO8/c1-15-5-7-17(8-6-15)30-29(33)26-20(13-31)27(32)19-12-22-21(37-14-38-22)11-18(19)25(26)16-9-23(34-2)28(36-4)24(10-16)35-3/h5-12,20,25-27,31-32H,13-14H2,1-4H3,(H,30,33)/t20-,25+,26-,27-/m0/s1. The van der Waals surface area contributed by atoms with E-state index in [2.05, 4.69) is 5.32 Å². The molecule has 5 rings (SSSR count). The summed E-state index contributed by atoms with van der Waals surface area (Å²) >= 11 is 0. The maximum Gasteiger partial charge on any atom is 0.231 e. The zero-order chi connectivity index (χ0) is 27.0. The summed E-state index contributed by atoms with van der Waals surface area (Å²) in [6.45, 7) is 1.61. The van der Waals surface area contributed by atoms with Gasteiger partial charge in [0, 0.05) is 24.1 Å². The maximum absolute atomic E-state index is 14.0. The number of hydrogen-bond donors (Lipinski definition) is 3. The Morgan fingerprint density at radius 3 is 2.11 bits per heavy atom. The second-order valence-corrected chi connectivity index (χ2v) is 9.44. The molecule has 0 fully saturated rings. The van der Waals surface area contributed by atoms with Gasteiger partial charge in [-0.15, -0.1) is 0 Å². The monoisotopic (exact) mass is 521 g/mol. The molecular formula is C29H31NO8. The number of methoxy groups -OCH3 is 3. The number of aliphatic hydroxyl groups is 2. The molecule has 1 aliphatic heterocycles. The van der Waals surface area contributed by atoms with E-state index in [1.807, 2.05) is 31.2 Å². The number of nitrogens with one attached hydrogen (secondary N) is 1. The van der Waals surface area contributed by atoms with E-state index in [1.54, 1.807) is 24.3 Å². The molecule has 0 bridgehead atoms. The Morgan fingerprint density at radius 2 is 1.55 bits per heavy atom. The van der Waals surface area contributed by atoms with Crippen molar-refractivity contribution >= 4 is 11.6 Å². The number of carbonyl (C=O) groups excluding carboxylic acids is 1. The van der Waals surface area contributed by atoms with Crippen molar-refractivity contribution in [3.63, 3.8) is 0 Å². The first-order valence-corrected chi connectivity index (χ1v) is 12.3. The third-order valence-electron chi connectivity index (χ3n) is 7.34. The third-order valence-corrected chi connectivity index (χ3v) is 7.34. The molecule has 2 aliphatic rings. The van der Waals surface area contributed by atoms with Crippen molar-refractivity contribution in [1.82, 2.24) is 0 Å². The molecule has 9 heteroatoms. The van der Waals surface area contributed by atoms with Crippen molar-refractivity contribution in [2.75, 3.05) is 40.0 Å². The van der Waals surface area contributed by atoms with Crippen molar-refractivity contribution in [1.29, 1.82) is 0 Å². The number of aryl methyl sites for hydroxylation is 1. The zero-order valence-electron chi connectivity index (χ0n) is 21.7. The molecule has 0 saturated heterocycles. The Hall–Kier alpha value is -3.95. The zero-order valence-corrected chi connectivity index (χ0v) is 21.7. The Kier molecular flexibility index (Phi) is 7.05. The Bertz CT molecular complexity index is 1310. The Balaban J connectivity index is 1.70. The molecule has 1 amide bonds. The molecule has 0 aromatic heterocycles. The highest BCUT2D eigenvalue weighted by Gasteiger charge is 2.47. The van der Waals surface area contributed by atoms with E-state index in [0.717, 1.165) is 5.56 Å². The highest BCUT2D eigenvalue weighted by atomic mass is 16.7. The fourth-order valence-corrected chi connectivity index (χ4v) is 5.46. The van der Waals surface area contributed by atoms with Gasteiger partial charge in [0.05, 0.1) is 33.4 Å². The van der Waals surface area contributed by atoms with Crippen molar-refractivity contribution in [2.24, 2.45) is 11.8 Å². The molecule has 3 aromatic carbocycles. The molecule has 1 heterocycles. The lowest BCUT2D eigenvalue weighted by Crippen LogP contribution is -2.43. The van der Waals surface area contributed by atoms with E-state index >= 15 is 0 Å². The molecule has 0 spiro atoms. The number of benzene rings is 3. The predicted molar refractivity (Wildman–Crippen MR) is 139 cm³/mol. The third kappa shape index (κ3) is 4.37. The number of amides is 1. The summed E-state index contributed by atoms with van der Waals surface area (Å²) in [5, 5.41) is 24.9.